The summed E-state index contributed by atoms with van der Waals surface area (Å²) in [7, 11) is -3.22. The first kappa shape index (κ1) is 24.6. The first-order valence-electron chi connectivity index (χ1n) is 12.1. The van der Waals surface area contributed by atoms with E-state index >= 15 is 4.11 Å². The molecular formula is C26H30BrFN2O4Si. The van der Waals surface area contributed by atoms with Crippen LogP contribution in [0.2, 0.25) is 18.6 Å². The second kappa shape index (κ2) is 8.79. The van der Waals surface area contributed by atoms with E-state index in [-0.39, 0.29) is 24.3 Å². The van der Waals surface area contributed by atoms with E-state index in [1.54, 1.807) is 22.9 Å². The number of hydrogen-bond donors (Lipinski definition) is 1. The fraction of sp³-hybridized carbons (Fsp3) is 0.462. The predicted octanol–water partition coefficient (Wildman–Crippen LogP) is 4.89. The molecule has 3 aliphatic rings. The molecule has 0 unspecified atom stereocenters. The Labute approximate surface area is 214 Å². The molecule has 2 amide bonds. The number of rotatable bonds is 6. The summed E-state index contributed by atoms with van der Waals surface area (Å²) in [4.78, 5) is 29.6. The summed E-state index contributed by atoms with van der Waals surface area (Å²) >= 11 is 3.54. The third kappa shape index (κ3) is 3.87. The minimum absolute atomic E-state index is 0.0979. The molecule has 2 aromatic rings. The molecule has 0 aromatic heterocycles. The van der Waals surface area contributed by atoms with E-state index in [4.69, 9.17) is 4.74 Å². The van der Waals surface area contributed by atoms with Crippen LogP contribution in [0, 0.1) is 5.92 Å². The summed E-state index contributed by atoms with van der Waals surface area (Å²) in [6, 6.07) is 13.4. The predicted molar refractivity (Wildman–Crippen MR) is 139 cm³/mol. The van der Waals surface area contributed by atoms with Gasteiger partial charge in [0.05, 0.1) is 18.3 Å². The van der Waals surface area contributed by atoms with E-state index in [1.807, 2.05) is 49.4 Å². The molecule has 5 rings (SSSR count). The molecule has 1 N–H and O–H groups in total. The zero-order valence-corrected chi connectivity index (χ0v) is 22.7. The number of anilines is 2. The Balaban J connectivity index is 1.55. The fourth-order valence-corrected chi connectivity index (χ4v) is 9.07. The van der Waals surface area contributed by atoms with E-state index in [0.717, 1.165) is 27.0 Å². The molecule has 2 saturated heterocycles. The van der Waals surface area contributed by atoms with Gasteiger partial charge >= 0.3 is 0 Å². The van der Waals surface area contributed by atoms with Crippen LogP contribution < -0.4 is 9.80 Å². The molecule has 2 aromatic carbocycles. The van der Waals surface area contributed by atoms with Crippen molar-refractivity contribution in [3.63, 3.8) is 0 Å². The van der Waals surface area contributed by atoms with Crippen molar-refractivity contribution in [2.75, 3.05) is 23.0 Å². The van der Waals surface area contributed by atoms with Crippen LogP contribution in [-0.2, 0) is 26.5 Å². The van der Waals surface area contributed by atoms with Gasteiger partial charge in [-0.15, -0.1) is 0 Å². The van der Waals surface area contributed by atoms with Gasteiger partial charge in [0.1, 0.15) is 0 Å². The van der Waals surface area contributed by atoms with Crippen LogP contribution in [0.15, 0.2) is 46.9 Å². The van der Waals surface area contributed by atoms with Gasteiger partial charge in [-0.3, -0.25) is 9.59 Å². The molecule has 9 heteroatoms. The van der Waals surface area contributed by atoms with Crippen LogP contribution >= 0.6 is 15.9 Å². The van der Waals surface area contributed by atoms with Gasteiger partial charge in [-0.25, -0.2) is 0 Å². The van der Waals surface area contributed by atoms with Crippen LogP contribution in [0.4, 0.5) is 15.5 Å². The second-order valence-electron chi connectivity index (χ2n) is 10.3. The average Bonchev–Trinajstić information content (AvgIpc) is 3.20. The van der Waals surface area contributed by atoms with Gasteiger partial charge in [0.25, 0.3) is 5.91 Å². The maximum absolute atomic E-state index is 15.6. The molecular weight excluding hydrogens is 531 g/mol. The van der Waals surface area contributed by atoms with Crippen molar-refractivity contribution in [1.29, 1.82) is 0 Å². The van der Waals surface area contributed by atoms with Crippen molar-refractivity contribution in [3.8, 4) is 0 Å². The maximum Gasteiger partial charge on any atom is 0.264 e. The van der Waals surface area contributed by atoms with E-state index in [1.165, 1.54) is 0 Å². The Kier molecular flexibility index (Phi) is 6.18. The van der Waals surface area contributed by atoms with Crippen LogP contribution in [0.5, 0.6) is 0 Å². The summed E-state index contributed by atoms with van der Waals surface area (Å²) in [6.07, 6.45) is 0.317. The van der Waals surface area contributed by atoms with Gasteiger partial charge in [-0.1, -0.05) is 35.0 Å². The molecule has 3 aliphatic heterocycles. The van der Waals surface area contributed by atoms with E-state index in [9.17, 15) is 14.7 Å². The van der Waals surface area contributed by atoms with Gasteiger partial charge in [0.2, 0.25) is 14.3 Å². The van der Waals surface area contributed by atoms with Crippen molar-refractivity contribution < 1.29 is 23.5 Å². The van der Waals surface area contributed by atoms with Crippen LogP contribution in [0.3, 0.4) is 0 Å². The minimum Gasteiger partial charge on any atom is -0.396 e. The highest BCUT2D eigenvalue weighted by atomic mass is 79.9. The third-order valence-electron chi connectivity index (χ3n) is 7.75. The highest BCUT2D eigenvalue weighted by molar-refractivity contribution is 9.10. The molecule has 0 saturated carbocycles. The molecule has 4 atom stereocenters. The first-order chi connectivity index (χ1) is 16.6. The van der Waals surface area contributed by atoms with Gasteiger partial charge in [0, 0.05) is 46.8 Å². The van der Waals surface area contributed by atoms with Crippen molar-refractivity contribution in [2.24, 2.45) is 5.92 Å². The molecule has 0 aliphatic carbocycles. The SMILES string of the molecule is C[C@H]1[C@H]([Si](C)(C)F)[C@@H](CCO)O[C@]12C(=O)N(Cc1cccc(N3CCC3=O)c1)c1ccc(Br)cc12. The topological polar surface area (TPSA) is 70.1 Å². The Morgan fingerprint density at radius 3 is 2.63 bits per heavy atom. The summed E-state index contributed by atoms with van der Waals surface area (Å²) in [6.45, 7) is 6.11. The number of carbonyl (C=O) groups excluding carboxylic acids is 2. The molecule has 6 nitrogen and oxygen atoms in total. The fourth-order valence-electron chi connectivity index (χ4n) is 6.17. The molecule has 2 fully saturated rings. The Morgan fingerprint density at radius 1 is 1.23 bits per heavy atom. The number of ether oxygens (including phenoxy) is 1. The van der Waals surface area contributed by atoms with Gasteiger partial charge in [0.15, 0.2) is 5.60 Å². The summed E-state index contributed by atoms with van der Waals surface area (Å²) in [5.41, 5.74) is 1.49. The number of benzene rings is 2. The smallest absolute Gasteiger partial charge is 0.264 e. The quantitative estimate of drug-likeness (QED) is 0.310. The largest absolute Gasteiger partial charge is 0.396 e. The number of amides is 2. The van der Waals surface area contributed by atoms with Crippen LogP contribution in [0.25, 0.3) is 0 Å². The number of halogens is 2. The second-order valence-corrected chi connectivity index (χ2v) is 15.0. The minimum atomic E-state index is -3.22. The van der Waals surface area contributed by atoms with E-state index in [0.29, 0.717) is 25.9 Å². The zero-order chi connectivity index (χ0) is 25.1. The molecule has 0 radical (unpaired) electrons. The van der Waals surface area contributed by atoms with Gasteiger partial charge in [-0.2, -0.15) is 0 Å². The number of nitrogens with zero attached hydrogens (tertiary/aromatic N) is 2. The number of hydrogen-bond acceptors (Lipinski definition) is 4. The molecule has 3 heterocycles. The van der Waals surface area contributed by atoms with Crippen molar-refractivity contribution in [1.82, 2.24) is 0 Å². The summed E-state index contributed by atoms with van der Waals surface area (Å²) in [5.74, 6) is -0.491. The van der Waals surface area contributed by atoms with Crippen molar-refractivity contribution in [2.45, 2.75) is 56.7 Å². The Bertz CT molecular complexity index is 1190. The molecule has 186 valence electrons. The lowest BCUT2D eigenvalue weighted by Gasteiger charge is -2.32. The number of fused-ring (bicyclic) bond motifs is 2. The van der Waals surface area contributed by atoms with Crippen LogP contribution in [0.1, 0.15) is 30.9 Å². The van der Waals surface area contributed by atoms with Gasteiger partial charge in [-0.05, 0) is 55.4 Å². The number of carbonyl (C=O) groups is 2. The molecule has 35 heavy (non-hydrogen) atoms. The van der Waals surface area contributed by atoms with E-state index in [2.05, 4.69) is 15.9 Å². The van der Waals surface area contributed by atoms with E-state index < -0.39 is 25.7 Å². The standard InChI is InChI=1S/C26H30BrFN2O4Si/c1-16-24(35(2,3)28)22(10-12-31)34-26(16)20-14-18(27)7-8-21(20)30(25(26)33)15-17-5-4-6-19(13-17)29-11-9-23(29)32/h4-8,13-14,16,22,24,31H,9-12,15H2,1-3H3/t16-,22+,24-,26+/m0/s1. The zero-order valence-electron chi connectivity index (χ0n) is 20.1. The Hall–Kier alpha value is -2.07. The Morgan fingerprint density at radius 2 is 2.00 bits per heavy atom. The van der Waals surface area contributed by atoms with Crippen LogP contribution in [-0.4, -0.2) is 44.6 Å². The van der Waals surface area contributed by atoms with Crippen molar-refractivity contribution >= 4 is 47.5 Å². The lowest BCUT2D eigenvalue weighted by atomic mass is 9.82. The number of aliphatic hydroxyl groups excluding tert-OH is 1. The van der Waals surface area contributed by atoms with Crippen molar-refractivity contribution in [3.05, 3.63) is 58.1 Å². The monoisotopic (exact) mass is 560 g/mol. The third-order valence-corrected chi connectivity index (χ3v) is 10.7. The summed E-state index contributed by atoms with van der Waals surface area (Å²) < 4.78 is 22.9. The maximum atomic E-state index is 15.6. The molecule has 0 bridgehead atoms. The summed E-state index contributed by atoms with van der Waals surface area (Å²) in [5, 5.41) is 9.68. The first-order valence-corrected chi connectivity index (χ1v) is 15.8. The highest BCUT2D eigenvalue weighted by Gasteiger charge is 2.66. The normalized spacial score (nSPS) is 28.1. The highest BCUT2D eigenvalue weighted by Crippen LogP contribution is 2.60. The number of β-lactam (4-membered cyclic amide) rings is 1. The average molecular weight is 562 g/mol. The lowest BCUT2D eigenvalue weighted by Crippen LogP contribution is -2.45. The number of aliphatic hydroxyl groups is 1. The molecule has 1 spiro atoms. The lowest BCUT2D eigenvalue weighted by molar-refractivity contribution is -0.146. The van der Waals surface area contributed by atoms with Gasteiger partial charge < -0.3 is 23.8 Å².